The predicted octanol–water partition coefficient (Wildman–Crippen LogP) is -8.26. The molecule has 0 spiro atoms. The number of aliphatic hydroxyl groups excluding tert-OH is 20. The summed E-state index contributed by atoms with van der Waals surface area (Å²) >= 11 is 0. The molecule has 0 amide bonds. The van der Waals surface area contributed by atoms with Crippen LogP contribution in [-0.2, 0) is 71.1 Å². The van der Waals surface area contributed by atoms with Crippen molar-refractivity contribution in [2.75, 3.05) is 46.2 Å². The summed E-state index contributed by atoms with van der Waals surface area (Å²) in [5.41, 5.74) is 0.747. The van der Waals surface area contributed by atoms with Gasteiger partial charge in [0, 0.05) is 12.3 Å². The highest BCUT2D eigenvalue weighted by molar-refractivity contribution is 5.27. The van der Waals surface area contributed by atoms with Crippen LogP contribution in [0.25, 0.3) is 0 Å². The third kappa shape index (κ3) is 15.5. The van der Waals surface area contributed by atoms with E-state index in [1.54, 1.807) is 0 Å². The van der Waals surface area contributed by atoms with Crippen LogP contribution in [0.4, 0.5) is 0 Å². The van der Waals surface area contributed by atoms with E-state index in [2.05, 4.69) is 26.8 Å². The lowest BCUT2D eigenvalue weighted by atomic mass is 9.47. The second-order valence-electron chi connectivity index (χ2n) is 31.4. The second kappa shape index (κ2) is 32.6. The lowest BCUT2D eigenvalue weighted by molar-refractivity contribution is -0.400. The zero-order chi connectivity index (χ0) is 74.4. The van der Waals surface area contributed by atoms with Crippen molar-refractivity contribution in [2.45, 2.75) is 313 Å². The van der Waals surface area contributed by atoms with E-state index >= 15 is 0 Å². The zero-order valence-corrected chi connectivity index (χ0v) is 58.1. The van der Waals surface area contributed by atoms with Crippen molar-refractivity contribution in [3.05, 3.63) is 11.6 Å². The predicted molar refractivity (Wildman–Crippen MR) is 336 cm³/mol. The fourth-order valence-electron chi connectivity index (χ4n) is 18.8. The molecule has 12 rings (SSSR count). The quantitative estimate of drug-likeness (QED) is 0.0448. The van der Waals surface area contributed by atoms with Crippen molar-refractivity contribution in [3.63, 3.8) is 0 Å². The van der Waals surface area contributed by atoms with Crippen LogP contribution in [0.5, 0.6) is 0 Å². The Balaban J connectivity index is 0.715. The Labute approximate surface area is 593 Å². The van der Waals surface area contributed by atoms with Crippen LogP contribution in [0.2, 0.25) is 0 Å². The number of ether oxygens (including phenoxy) is 15. The van der Waals surface area contributed by atoms with Crippen molar-refractivity contribution < 1.29 is 178 Å². The van der Waals surface area contributed by atoms with Gasteiger partial charge < -0.3 is 178 Å². The van der Waals surface area contributed by atoms with Crippen LogP contribution >= 0.6 is 0 Å². The lowest BCUT2D eigenvalue weighted by Crippen LogP contribution is -2.68. The van der Waals surface area contributed by atoms with Crippen LogP contribution in [-0.4, -0.2) is 374 Å². The molecule has 594 valence electrons. The Morgan fingerprint density at radius 3 is 1.73 bits per heavy atom. The minimum Gasteiger partial charge on any atom is -0.394 e. The molecule has 103 heavy (non-hydrogen) atoms. The van der Waals surface area contributed by atoms with E-state index < -0.39 is 254 Å². The Bertz CT molecular complexity index is 2790. The van der Waals surface area contributed by atoms with Gasteiger partial charge in [-0.3, -0.25) is 0 Å². The second-order valence-corrected chi connectivity index (χ2v) is 31.4. The molecule has 1 unspecified atom stereocenters. The highest BCUT2D eigenvalue weighted by atomic mass is 16.8. The third-order valence-corrected chi connectivity index (χ3v) is 25.0. The van der Waals surface area contributed by atoms with Crippen LogP contribution in [0, 0.1) is 46.3 Å². The summed E-state index contributed by atoms with van der Waals surface area (Å²) in [6, 6.07) is 0. The highest BCUT2D eigenvalue weighted by Crippen LogP contribution is 2.70. The molecule has 0 aromatic rings. The molecule has 44 atom stereocenters. The van der Waals surface area contributed by atoms with E-state index in [0.717, 1.165) is 31.3 Å². The van der Waals surface area contributed by atoms with Crippen molar-refractivity contribution in [1.29, 1.82) is 0 Å². The van der Waals surface area contributed by atoms with Gasteiger partial charge in [0.1, 0.15) is 153 Å². The van der Waals surface area contributed by atoms with Gasteiger partial charge in [0.05, 0.1) is 64.6 Å². The summed E-state index contributed by atoms with van der Waals surface area (Å²) in [4.78, 5) is 0. The van der Waals surface area contributed by atoms with Gasteiger partial charge in [0.15, 0.2) is 49.8 Å². The number of hydrogen-bond donors (Lipinski definition) is 21. The monoisotopic (exact) mass is 1490 g/mol. The largest absolute Gasteiger partial charge is 0.394 e. The van der Waals surface area contributed by atoms with Gasteiger partial charge in [-0.1, -0.05) is 39.3 Å². The maximum absolute atomic E-state index is 12.6. The molecule has 8 heterocycles. The average Bonchev–Trinajstić information content (AvgIpc) is 1.55. The summed E-state index contributed by atoms with van der Waals surface area (Å²) in [6.07, 6.45) is -50.3. The molecular formula is C67H110O36. The Morgan fingerprint density at radius 2 is 1.04 bits per heavy atom. The number of rotatable bonds is 22. The first-order valence-electron chi connectivity index (χ1n) is 36.3. The summed E-state index contributed by atoms with van der Waals surface area (Å²) < 4.78 is 89.8. The maximum Gasteiger partial charge on any atom is 0.187 e. The van der Waals surface area contributed by atoms with Crippen molar-refractivity contribution >= 4 is 0 Å². The lowest BCUT2D eigenvalue weighted by Gasteiger charge is -2.58. The van der Waals surface area contributed by atoms with E-state index in [9.17, 15) is 107 Å². The normalized spacial score (nSPS) is 54.9. The first-order valence-corrected chi connectivity index (χ1v) is 36.3. The smallest absolute Gasteiger partial charge is 0.187 e. The molecule has 0 bridgehead atoms. The molecule has 8 aliphatic heterocycles. The van der Waals surface area contributed by atoms with Gasteiger partial charge in [-0.05, 0) is 98.7 Å². The van der Waals surface area contributed by atoms with E-state index in [-0.39, 0.29) is 53.1 Å². The number of allylic oxidation sites excluding steroid dienone is 1. The highest BCUT2D eigenvalue weighted by Gasteiger charge is 2.68. The number of hydrogen-bond acceptors (Lipinski definition) is 36. The fourth-order valence-corrected chi connectivity index (χ4v) is 18.8. The topological polar surface area (TPSA) is 563 Å². The standard InChI is InChI=1S/C67H110O36/c1-23(19-89-59-49(83)45(79)42(76)34(16-68)95-59)8-13-67(88)24(2)38-33(103-67)15-30-28-7-6-26-14-27(9-11-65(26,4)29(28)10-12-66(30,38)5)94-64-57(102-61-50(84)44(78)39(73)25(3)93-61)52(86)54(36(18-70)97-64)100-63-53(87)56(43(77)35(17-69)96-63)101-62-51(85)46(80)55(99-60-48(82)41(75)32(72)21-91-60)37(98-62)22-92-58-47(81)40(74)31(71)20-90-58/h6,23-25,27-64,68-88H,7-22H2,1-5H3/t23-,24+,25+,27+,28-,29+,30+,31-,32-,33+,34-,35-,36-,37-,38+,39+,40+,41+,42-,43-,44-,45+,46-,47-,48-,49-,50-,51-,52+,53-,54-,55-,56+,57-,58+,59-,60+,61+,62+,63+,64-,65+,66+,67?/m1/s1. The average molecular weight is 1490 g/mol. The molecule has 21 N–H and O–H groups in total. The summed E-state index contributed by atoms with van der Waals surface area (Å²) in [5, 5.41) is 229. The Kier molecular flexibility index (Phi) is 25.5. The van der Waals surface area contributed by atoms with Gasteiger partial charge in [0.25, 0.3) is 0 Å². The van der Waals surface area contributed by atoms with E-state index in [1.807, 2.05) is 6.92 Å². The van der Waals surface area contributed by atoms with Crippen LogP contribution < -0.4 is 0 Å². The third-order valence-electron chi connectivity index (χ3n) is 25.0. The Hall–Kier alpha value is -1.70. The number of aliphatic hydroxyl groups is 21. The summed E-state index contributed by atoms with van der Waals surface area (Å²) in [5.74, 6) is -0.805. The Morgan fingerprint density at radius 1 is 0.495 bits per heavy atom. The van der Waals surface area contributed by atoms with Crippen molar-refractivity contribution in [1.82, 2.24) is 0 Å². The first-order chi connectivity index (χ1) is 48.8. The van der Waals surface area contributed by atoms with E-state index in [0.29, 0.717) is 38.0 Å². The molecule has 0 radical (unpaired) electrons. The van der Waals surface area contributed by atoms with Gasteiger partial charge in [-0.2, -0.15) is 0 Å². The summed E-state index contributed by atoms with van der Waals surface area (Å²) in [7, 11) is 0. The molecule has 4 aliphatic carbocycles. The minimum absolute atomic E-state index is 0.0757. The maximum atomic E-state index is 12.6. The molecule has 12 aliphatic rings. The van der Waals surface area contributed by atoms with Crippen LogP contribution in [0.1, 0.15) is 92.4 Å². The van der Waals surface area contributed by atoms with Gasteiger partial charge in [0.2, 0.25) is 0 Å². The minimum atomic E-state index is -2.20. The molecular weight excluding hydrogens is 1380 g/mol. The molecule has 8 saturated heterocycles. The first kappa shape index (κ1) is 80.8. The molecule has 11 fully saturated rings. The molecule has 36 nitrogen and oxygen atoms in total. The fraction of sp³-hybridized carbons (Fsp3) is 0.970. The van der Waals surface area contributed by atoms with Crippen molar-refractivity contribution in [2.24, 2.45) is 46.3 Å². The van der Waals surface area contributed by atoms with Crippen molar-refractivity contribution in [3.8, 4) is 0 Å². The van der Waals surface area contributed by atoms with Gasteiger partial charge in [-0.25, -0.2) is 0 Å². The van der Waals surface area contributed by atoms with Gasteiger partial charge in [-0.15, -0.1) is 0 Å². The molecule has 36 heteroatoms. The number of fused-ring (bicyclic) bond motifs is 7. The summed E-state index contributed by atoms with van der Waals surface area (Å²) in [6.45, 7) is 5.84. The molecule has 0 aromatic heterocycles. The zero-order valence-electron chi connectivity index (χ0n) is 58.1. The molecule has 3 saturated carbocycles. The van der Waals surface area contributed by atoms with Gasteiger partial charge >= 0.3 is 0 Å². The molecule has 0 aromatic carbocycles. The van der Waals surface area contributed by atoms with Crippen LogP contribution in [0.3, 0.4) is 0 Å². The SMILES string of the molecule is C[C@H](CCC1(O)O[C@H]2C[C@H]3[C@@H]4CC=C5C[C@@H](O[C@@H]6O[C@H](CO)[C@@H](O[C@@H]7O[C@H](CO)[C@@H](O)[C@H](O[C@@H]8O[C@H](CO[C@@H]9OC[C@@H](O)[C@H](O)[C@H]9O)[C@@H](O[C@@H]9OC[C@@H](O)[C@H](O)[C@H]9O)[C@H](O)[C@H]8O)[C@H]7O)[C@H](O)[C@H]6O[C@@H]6O[C@@H](C)[C@H](O)[C@@H](O)[C@H]6O)CC[C@]5(C)[C@H]4CC[C@]3(C)[C@H]2[C@@H]1C)CO[C@@H]1O[C@H](CO)[C@@H](O)[C@H](O)[C@H]1O. The van der Waals surface area contributed by atoms with E-state index in [4.69, 9.17) is 71.1 Å². The van der Waals surface area contributed by atoms with Crippen LogP contribution in [0.15, 0.2) is 11.6 Å². The van der Waals surface area contributed by atoms with E-state index in [1.165, 1.54) is 6.92 Å².